The van der Waals surface area contributed by atoms with Gasteiger partial charge >= 0.3 is 5.97 Å². The quantitative estimate of drug-likeness (QED) is 0.877. The van der Waals surface area contributed by atoms with E-state index in [0.29, 0.717) is 6.54 Å². The zero-order valence-electron chi connectivity index (χ0n) is 12.2. The van der Waals surface area contributed by atoms with Gasteiger partial charge in [-0.15, -0.1) is 0 Å². The summed E-state index contributed by atoms with van der Waals surface area (Å²) in [5.74, 6) is 0.668. The predicted octanol–water partition coefficient (Wildman–Crippen LogP) is 3.78. The standard InChI is InChI=1S/C17H19NO3/c1-3-18(13(2)17(19)20)14-9-11-16(12-10-14)21-15-7-5-4-6-8-15/h4-13H,3H2,1-2H3,(H,19,20)/t13-/m1/s1. The number of likely N-dealkylation sites (N-methyl/N-ethyl adjacent to an activating group) is 1. The first kappa shape index (κ1) is 14.9. The lowest BCUT2D eigenvalue weighted by Crippen LogP contribution is -2.38. The number of para-hydroxylation sites is 1. The van der Waals surface area contributed by atoms with Gasteiger partial charge in [-0.05, 0) is 50.2 Å². The fraction of sp³-hybridized carbons (Fsp3) is 0.235. The van der Waals surface area contributed by atoms with Crippen molar-refractivity contribution >= 4 is 11.7 Å². The number of rotatable bonds is 6. The number of ether oxygens (including phenoxy) is 1. The second-order valence-electron chi connectivity index (χ2n) is 4.71. The number of carboxylic acids is 1. The lowest BCUT2D eigenvalue weighted by Gasteiger charge is -2.27. The molecule has 0 spiro atoms. The number of carbonyl (C=O) groups is 1. The molecule has 0 fully saturated rings. The van der Waals surface area contributed by atoms with Crippen molar-refractivity contribution in [3.05, 3.63) is 54.6 Å². The molecule has 0 saturated heterocycles. The van der Waals surface area contributed by atoms with Crippen LogP contribution in [0.15, 0.2) is 54.6 Å². The van der Waals surface area contributed by atoms with E-state index in [1.54, 1.807) is 6.92 Å². The predicted molar refractivity (Wildman–Crippen MR) is 83.1 cm³/mol. The third-order valence-corrected chi connectivity index (χ3v) is 3.31. The molecule has 0 bridgehead atoms. The van der Waals surface area contributed by atoms with Gasteiger partial charge in [0.25, 0.3) is 0 Å². The van der Waals surface area contributed by atoms with Crippen molar-refractivity contribution in [3.63, 3.8) is 0 Å². The number of carboxylic acid groups (broad SMARTS) is 1. The van der Waals surface area contributed by atoms with E-state index >= 15 is 0 Å². The van der Waals surface area contributed by atoms with Crippen LogP contribution in [0.2, 0.25) is 0 Å². The monoisotopic (exact) mass is 285 g/mol. The molecular weight excluding hydrogens is 266 g/mol. The molecule has 110 valence electrons. The smallest absolute Gasteiger partial charge is 0.326 e. The average molecular weight is 285 g/mol. The van der Waals surface area contributed by atoms with Gasteiger partial charge in [0.15, 0.2) is 0 Å². The maximum atomic E-state index is 11.1. The van der Waals surface area contributed by atoms with Crippen molar-refractivity contribution in [2.24, 2.45) is 0 Å². The van der Waals surface area contributed by atoms with Gasteiger partial charge < -0.3 is 14.7 Å². The Morgan fingerprint density at radius 1 is 1.10 bits per heavy atom. The largest absolute Gasteiger partial charge is 0.480 e. The van der Waals surface area contributed by atoms with Gasteiger partial charge in [-0.1, -0.05) is 18.2 Å². The molecule has 0 aliphatic rings. The molecule has 1 N–H and O–H groups in total. The van der Waals surface area contributed by atoms with Gasteiger partial charge in [0, 0.05) is 12.2 Å². The van der Waals surface area contributed by atoms with Gasteiger partial charge in [-0.3, -0.25) is 0 Å². The number of anilines is 1. The van der Waals surface area contributed by atoms with Crippen LogP contribution in [-0.4, -0.2) is 23.7 Å². The fourth-order valence-corrected chi connectivity index (χ4v) is 2.14. The molecule has 0 aliphatic carbocycles. The Morgan fingerprint density at radius 2 is 1.67 bits per heavy atom. The summed E-state index contributed by atoms with van der Waals surface area (Å²) in [5.41, 5.74) is 0.868. The Morgan fingerprint density at radius 3 is 2.19 bits per heavy atom. The van der Waals surface area contributed by atoms with Gasteiger partial charge in [-0.25, -0.2) is 4.79 Å². The average Bonchev–Trinajstić information content (AvgIpc) is 2.50. The molecule has 2 aromatic carbocycles. The molecule has 4 heteroatoms. The summed E-state index contributed by atoms with van der Waals surface area (Å²) in [6.45, 7) is 4.25. The summed E-state index contributed by atoms with van der Waals surface area (Å²) in [6.07, 6.45) is 0. The molecule has 2 aromatic rings. The minimum absolute atomic E-state index is 0.559. The van der Waals surface area contributed by atoms with E-state index in [4.69, 9.17) is 9.84 Å². The fourth-order valence-electron chi connectivity index (χ4n) is 2.14. The summed E-state index contributed by atoms with van der Waals surface area (Å²) in [6, 6.07) is 16.4. The Labute approximate surface area is 124 Å². The Hall–Kier alpha value is -2.49. The number of hydrogen-bond acceptors (Lipinski definition) is 3. The highest BCUT2D eigenvalue weighted by Gasteiger charge is 2.19. The van der Waals surface area contributed by atoms with Crippen LogP contribution in [0.25, 0.3) is 0 Å². The highest BCUT2D eigenvalue weighted by atomic mass is 16.5. The third-order valence-electron chi connectivity index (χ3n) is 3.31. The molecule has 0 saturated carbocycles. The van der Waals surface area contributed by atoms with Gasteiger partial charge in [0.2, 0.25) is 0 Å². The van der Waals surface area contributed by atoms with E-state index in [0.717, 1.165) is 17.2 Å². The maximum absolute atomic E-state index is 11.1. The second kappa shape index (κ2) is 6.79. The minimum atomic E-state index is -0.832. The molecule has 1 atom stereocenters. The Kier molecular flexibility index (Phi) is 4.82. The zero-order chi connectivity index (χ0) is 15.2. The maximum Gasteiger partial charge on any atom is 0.326 e. The van der Waals surface area contributed by atoms with Gasteiger partial charge in [0.1, 0.15) is 17.5 Å². The second-order valence-corrected chi connectivity index (χ2v) is 4.71. The molecular formula is C17H19NO3. The van der Waals surface area contributed by atoms with Crippen LogP contribution in [0.1, 0.15) is 13.8 Å². The number of hydrogen-bond donors (Lipinski definition) is 1. The van der Waals surface area contributed by atoms with Crippen molar-refractivity contribution in [2.45, 2.75) is 19.9 Å². The van der Waals surface area contributed by atoms with Crippen LogP contribution >= 0.6 is 0 Å². The van der Waals surface area contributed by atoms with E-state index in [2.05, 4.69) is 0 Å². The molecule has 0 radical (unpaired) electrons. The van der Waals surface area contributed by atoms with Crippen molar-refractivity contribution in [1.82, 2.24) is 0 Å². The van der Waals surface area contributed by atoms with Crippen molar-refractivity contribution in [2.75, 3.05) is 11.4 Å². The topological polar surface area (TPSA) is 49.8 Å². The highest BCUT2D eigenvalue weighted by molar-refractivity contribution is 5.77. The van der Waals surface area contributed by atoms with Crippen LogP contribution in [0.5, 0.6) is 11.5 Å². The Bertz CT molecular complexity index is 581. The molecule has 4 nitrogen and oxygen atoms in total. The van der Waals surface area contributed by atoms with E-state index in [1.165, 1.54) is 0 Å². The lowest BCUT2D eigenvalue weighted by molar-refractivity contribution is -0.138. The first-order chi connectivity index (χ1) is 10.1. The number of nitrogens with zero attached hydrogens (tertiary/aromatic N) is 1. The Balaban J connectivity index is 2.12. The normalized spacial score (nSPS) is 11.7. The first-order valence-corrected chi connectivity index (χ1v) is 6.94. The van der Waals surface area contributed by atoms with E-state index in [9.17, 15) is 4.79 Å². The summed E-state index contributed by atoms with van der Waals surface area (Å²) >= 11 is 0. The summed E-state index contributed by atoms with van der Waals surface area (Å²) < 4.78 is 5.72. The van der Waals surface area contributed by atoms with Crippen molar-refractivity contribution in [1.29, 1.82) is 0 Å². The van der Waals surface area contributed by atoms with Gasteiger partial charge in [0.05, 0.1) is 0 Å². The van der Waals surface area contributed by atoms with E-state index in [1.807, 2.05) is 66.4 Å². The van der Waals surface area contributed by atoms with E-state index in [-0.39, 0.29) is 0 Å². The van der Waals surface area contributed by atoms with Crippen LogP contribution in [-0.2, 0) is 4.79 Å². The van der Waals surface area contributed by atoms with E-state index < -0.39 is 12.0 Å². The zero-order valence-corrected chi connectivity index (χ0v) is 12.2. The number of aliphatic carboxylic acids is 1. The van der Waals surface area contributed by atoms with Gasteiger partial charge in [-0.2, -0.15) is 0 Å². The van der Waals surface area contributed by atoms with Crippen LogP contribution in [0, 0.1) is 0 Å². The molecule has 0 aliphatic heterocycles. The molecule has 21 heavy (non-hydrogen) atoms. The number of benzene rings is 2. The van der Waals surface area contributed by atoms with Crippen LogP contribution < -0.4 is 9.64 Å². The lowest BCUT2D eigenvalue weighted by atomic mass is 10.2. The third kappa shape index (κ3) is 3.75. The summed E-state index contributed by atoms with van der Waals surface area (Å²) in [4.78, 5) is 12.9. The van der Waals surface area contributed by atoms with Crippen LogP contribution in [0.3, 0.4) is 0 Å². The molecule has 0 amide bonds. The van der Waals surface area contributed by atoms with Crippen molar-refractivity contribution < 1.29 is 14.6 Å². The summed E-state index contributed by atoms with van der Waals surface area (Å²) in [7, 11) is 0. The molecule has 0 aromatic heterocycles. The summed E-state index contributed by atoms with van der Waals surface area (Å²) in [5, 5.41) is 9.13. The minimum Gasteiger partial charge on any atom is -0.480 e. The van der Waals surface area contributed by atoms with Crippen LogP contribution in [0.4, 0.5) is 5.69 Å². The highest BCUT2D eigenvalue weighted by Crippen LogP contribution is 2.25. The van der Waals surface area contributed by atoms with Crippen molar-refractivity contribution in [3.8, 4) is 11.5 Å². The molecule has 0 unspecified atom stereocenters. The first-order valence-electron chi connectivity index (χ1n) is 6.94. The molecule has 2 rings (SSSR count). The molecule has 0 heterocycles. The SMILES string of the molecule is CCN(c1ccc(Oc2ccccc2)cc1)[C@H](C)C(=O)O.